The van der Waals surface area contributed by atoms with Crippen LogP contribution in [0.1, 0.15) is 18.2 Å². The van der Waals surface area contributed by atoms with Gasteiger partial charge in [0.1, 0.15) is 0 Å². The molecule has 186 valence electrons. The van der Waals surface area contributed by atoms with Crippen molar-refractivity contribution in [1.82, 2.24) is 9.13 Å². The summed E-state index contributed by atoms with van der Waals surface area (Å²) in [5.74, 6) is 0. The number of para-hydroxylation sites is 3. The van der Waals surface area contributed by atoms with Crippen LogP contribution in [0.5, 0.6) is 0 Å². The minimum absolute atomic E-state index is 1.20. The van der Waals surface area contributed by atoms with Gasteiger partial charge in [0.15, 0.2) is 0 Å². The number of aromatic nitrogens is 2. The highest BCUT2D eigenvalue weighted by Gasteiger charge is 2.16. The first-order valence-corrected chi connectivity index (χ1v) is 14.2. The molecule has 0 fully saturated rings. The van der Waals surface area contributed by atoms with Crippen LogP contribution < -0.4 is 0 Å². The Balaban J connectivity index is 1.39. The molecule has 0 aliphatic rings. The van der Waals surface area contributed by atoms with Crippen LogP contribution in [0.15, 0.2) is 115 Å². The molecule has 39 heavy (non-hydrogen) atoms. The number of fused-ring (bicyclic) bond motifs is 7. The summed E-state index contributed by atoms with van der Waals surface area (Å²) in [6, 6.07) is 40.0. The third-order valence-corrected chi connectivity index (χ3v) is 9.18. The lowest BCUT2D eigenvalue weighted by molar-refractivity contribution is 1.05. The third kappa shape index (κ3) is 3.20. The molecule has 3 heterocycles. The number of hydrogen-bond donors (Lipinski definition) is 0. The van der Waals surface area contributed by atoms with E-state index >= 15 is 0 Å². The minimum atomic E-state index is 1.20. The van der Waals surface area contributed by atoms with Crippen LogP contribution in [0.4, 0.5) is 0 Å². The smallest absolute Gasteiger partial charge is 0.0541 e. The zero-order valence-corrected chi connectivity index (χ0v) is 22.7. The van der Waals surface area contributed by atoms with E-state index in [9.17, 15) is 0 Å². The van der Waals surface area contributed by atoms with Crippen LogP contribution in [0.2, 0.25) is 0 Å². The van der Waals surface area contributed by atoms with E-state index in [-0.39, 0.29) is 0 Å². The lowest BCUT2D eigenvalue weighted by Gasteiger charge is -2.10. The van der Waals surface area contributed by atoms with E-state index in [2.05, 4.69) is 144 Å². The van der Waals surface area contributed by atoms with E-state index < -0.39 is 0 Å². The Labute approximate surface area is 230 Å². The van der Waals surface area contributed by atoms with E-state index in [1.807, 2.05) is 11.3 Å². The number of thiophene rings is 1. The van der Waals surface area contributed by atoms with E-state index in [0.29, 0.717) is 0 Å². The number of hydrogen-bond acceptors (Lipinski definition) is 1. The summed E-state index contributed by atoms with van der Waals surface area (Å²) >= 11 is 1.87. The van der Waals surface area contributed by atoms with Crippen molar-refractivity contribution in [3.05, 3.63) is 127 Å². The SMILES string of the molecule is C/C=C\c1c(C)n(-c2ccc3sc4ccc(-n5c6ccccc6c6ccccc65)cc4c3c2)c2ccccc12. The first kappa shape index (κ1) is 22.4. The standard InChI is InChI=1S/C36H26N2S/c1-3-10-26-23(2)37(32-14-7-4-11-27(26)32)24-17-19-35-30(21-24)31-22-25(18-20-36(31)39-35)38-33-15-8-5-12-28(33)29-13-6-9-16-34(29)38/h3-22H,1-2H3/b10-3-. The van der Waals surface area contributed by atoms with Crippen molar-refractivity contribution in [2.24, 2.45) is 0 Å². The van der Waals surface area contributed by atoms with Gasteiger partial charge >= 0.3 is 0 Å². The fourth-order valence-electron chi connectivity index (χ4n) is 6.33. The highest BCUT2D eigenvalue weighted by molar-refractivity contribution is 7.25. The fourth-order valence-corrected chi connectivity index (χ4v) is 7.40. The van der Waals surface area contributed by atoms with Crippen LogP contribution in [0.3, 0.4) is 0 Å². The van der Waals surface area contributed by atoms with Gasteiger partial charge in [0.25, 0.3) is 0 Å². The molecule has 0 amide bonds. The Morgan fingerprint density at radius 3 is 1.59 bits per heavy atom. The van der Waals surface area contributed by atoms with Gasteiger partial charge in [-0.1, -0.05) is 66.7 Å². The van der Waals surface area contributed by atoms with Crippen molar-refractivity contribution < 1.29 is 0 Å². The molecule has 3 heteroatoms. The third-order valence-electron chi connectivity index (χ3n) is 8.03. The second-order valence-corrected chi connectivity index (χ2v) is 11.3. The fraction of sp³-hybridized carbons (Fsp3) is 0.0556. The molecule has 0 aliphatic carbocycles. The summed E-state index contributed by atoms with van der Waals surface area (Å²) in [5.41, 5.74) is 8.68. The topological polar surface area (TPSA) is 9.86 Å². The monoisotopic (exact) mass is 518 g/mol. The van der Waals surface area contributed by atoms with Gasteiger partial charge in [-0.3, -0.25) is 0 Å². The molecule has 0 saturated carbocycles. The molecule has 0 radical (unpaired) electrons. The molecule has 0 bridgehead atoms. The molecule has 0 N–H and O–H groups in total. The molecule has 0 spiro atoms. The molecular formula is C36H26N2S. The highest BCUT2D eigenvalue weighted by Crippen LogP contribution is 2.39. The molecule has 5 aromatic carbocycles. The van der Waals surface area contributed by atoms with E-state index in [4.69, 9.17) is 0 Å². The second-order valence-electron chi connectivity index (χ2n) is 10.2. The Kier molecular flexibility index (Phi) is 4.85. The van der Waals surface area contributed by atoms with Crippen LogP contribution in [-0.4, -0.2) is 9.13 Å². The summed E-state index contributed by atoms with van der Waals surface area (Å²) in [7, 11) is 0. The van der Waals surface area contributed by atoms with Gasteiger partial charge in [-0.25, -0.2) is 0 Å². The quantitative estimate of drug-likeness (QED) is 0.220. The van der Waals surface area contributed by atoms with Gasteiger partial charge in [-0.15, -0.1) is 11.3 Å². The maximum Gasteiger partial charge on any atom is 0.0541 e. The summed E-state index contributed by atoms with van der Waals surface area (Å²) in [6.45, 7) is 4.31. The first-order chi connectivity index (χ1) is 19.2. The second kappa shape index (κ2) is 8.45. The van der Waals surface area contributed by atoms with Gasteiger partial charge in [0.2, 0.25) is 0 Å². The largest absolute Gasteiger partial charge is 0.313 e. The Bertz CT molecular complexity index is 2200. The van der Waals surface area contributed by atoms with Crippen molar-refractivity contribution >= 4 is 70.3 Å². The normalized spacial score (nSPS) is 12.3. The molecule has 0 saturated heterocycles. The lowest BCUT2D eigenvalue weighted by Crippen LogP contribution is -1.96. The average Bonchev–Trinajstić information content (AvgIpc) is 3.60. The predicted octanol–water partition coefficient (Wildman–Crippen LogP) is 10.4. The number of rotatable bonds is 3. The molecule has 0 atom stereocenters. The number of nitrogens with zero attached hydrogens (tertiary/aromatic N) is 2. The van der Waals surface area contributed by atoms with E-state index in [1.165, 1.54) is 75.5 Å². The van der Waals surface area contributed by atoms with Gasteiger partial charge in [0.05, 0.1) is 16.6 Å². The van der Waals surface area contributed by atoms with Gasteiger partial charge in [0, 0.05) is 59.0 Å². The Morgan fingerprint density at radius 1 is 0.538 bits per heavy atom. The maximum atomic E-state index is 2.41. The van der Waals surface area contributed by atoms with Gasteiger partial charge < -0.3 is 9.13 Å². The predicted molar refractivity (Wildman–Crippen MR) is 170 cm³/mol. The zero-order chi connectivity index (χ0) is 26.1. The first-order valence-electron chi connectivity index (χ1n) is 13.4. The average molecular weight is 519 g/mol. The van der Waals surface area contributed by atoms with Crippen LogP contribution >= 0.6 is 11.3 Å². The van der Waals surface area contributed by atoms with Gasteiger partial charge in [-0.05, 0) is 68.4 Å². The molecule has 2 nitrogen and oxygen atoms in total. The molecular weight excluding hydrogens is 492 g/mol. The molecule has 0 aliphatic heterocycles. The summed E-state index contributed by atoms with van der Waals surface area (Å²) in [4.78, 5) is 0. The van der Waals surface area contributed by atoms with Crippen molar-refractivity contribution in [3.8, 4) is 11.4 Å². The Hall–Kier alpha value is -4.60. The molecule has 3 aromatic heterocycles. The maximum absolute atomic E-state index is 2.41. The lowest BCUT2D eigenvalue weighted by atomic mass is 10.1. The minimum Gasteiger partial charge on any atom is -0.313 e. The van der Waals surface area contributed by atoms with Crippen LogP contribution in [-0.2, 0) is 0 Å². The van der Waals surface area contributed by atoms with E-state index in [0.717, 1.165) is 0 Å². The number of allylic oxidation sites excluding steroid dienone is 1. The molecule has 0 unspecified atom stereocenters. The number of benzene rings is 5. The molecule has 8 aromatic rings. The molecule has 8 rings (SSSR count). The Morgan fingerprint density at radius 2 is 1.03 bits per heavy atom. The van der Waals surface area contributed by atoms with Crippen LogP contribution in [0, 0.1) is 6.92 Å². The van der Waals surface area contributed by atoms with Crippen molar-refractivity contribution in [3.63, 3.8) is 0 Å². The van der Waals surface area contributed by atoms with Crippen molar-refractivity contribution in [2.75, 3.05) is 0 Å². The van der Waals surface area contributed by atoms with E-state index in [1.54, 1.807) is 0 Å². The van der Waals surface area contributed by atoms with Crippen molar-refractivity contribution in [1.29, 1.82) is 0 Å². The zero-order valence-electron chi connectivity index (χ0n) is 21.8. The van der Waals surface area contributed by atoms with Crippen molar-refractivity contribution in [2.45, 2.75) is 13.8 Å². The van der Waals surface area contributed by atoms with Gasteiger partial charge in [-0.2, -0.15) is 0 Å². The highest BCUT2D eigenvalue weighted by atomic mass is 32.1. The van der Waals surface area contributed by atoms with Crippen LogP contribution in [0.25, 0.3) is 70.3 Å². The summed E-state index contributed by atoms with van der Waals surface area (Å²) in [5, 5.41) is 6.48. The summed E-state index contributed by atoms with van der Waals surface area (Å²) in [6.07, 6.45) is 4.36. The summed E-state index contributed by atoms with van der Waals surface area (Å²) < 4.78 is 7.45.